The number of carbonyl (C=O) groups is 1. The maximum atomic E-state index is 11.4. The molecule has 4 heteroatoms. The molecule has 0 aliphatic rings. The Balaban J connectivity index is 2.63. The summed E-state index contributed by atoms with van der Waals surface area (Å²) in [5.74, 6) is 0.255. The number of hydrogen-bond acceptors (Lipinski definition) is 3. The second-order valence-electron chi connectivity index (χ2n) is 3.51. The number of benzene rings is 1. The van der Waals surface area contributed by atoms with Gasteiger partial charge in [-0.3, -0.25) is 4.79 Å². The molecule has 1 aromatic rings. The first kappa shape index (κ1) is 14.3. The van der Waals surface area contributed by atoms with Gasteiger partial charge in [0.2, 0.25) is 0 Å². The molecule has 0 aliphatic heterocycles. The Kier molecular flexibility index (Phi) is 6.01. The monoisotopic (exact) mass is 266 g/mol. The summed E-state index contributed by atoms with van der Waals surface area (Å²) < 4.78 is 10.2. The highest BCUT2D eigenvalue weighted by Crippen LogP contribution is 2.25. The number of halogens is 1. The fourth-order valence-electron chi connectivity index (χ4n) is 1.29. The molecule has 0 amide bonds. The lowest BCUT2D eigenvalue weighted by Gasteiger charge is -2.07. The van der Waals surface area contributed by atoms with Crippen molar-refractivity contribution >= 4 is 17.6 Å². The Bertz CT molecular complexity index is 441. The lowest BCUT2D eigenvalue weighted by atomic mass is 10.1. The molecule has 3 nitrogen and oxygen atoms in total. The molecule has 18 heavy (non-hydrogen) atoms. The summed E-state index contributed by atoms with van der Waals surface area (Å²) in [7, 11) is 0. The van der Waals surface area contributed by atoms with Crippen molar-refractivity contribution in [3.05, 3.63) is 54.1 Å². The van der Waals surface area contributed by atoms with Crippen LogP contribution in [-0.2, 0) is 16.0 Å². The highest BCUT2D eigenvalue weighted by Gasteiger charge is 2.07. The first-order valence-electron chi connectivity index (χ1n) is 5.46. The van der Waals surface area contributed by atoms with Crippen molar-refractivity contribution in [2.24, 2.45) is 0 Å². The van der Waals surface area contributed by atoms with Crippen LogP contribution in [0.1, 0.15) is 5.56 Å². The van der Waals surface area contributed by atoms with Gasteiger partial charge in [-0.15, -0.1) is 0 Å². The van der Waals surface area contributed by atoms with Crippen LogP contribution < -0.4 is 4.74 Å². The van der Waals surface area contributed by atoms with Gasteiger partial charge < -0.3 is 9.47 Å². The van der Waals surface area contributed by atoms with E-state index in [1.165, 1.54) is 6.08 Å². The number of esters is 1. The third kappa shape index (κ3) is 4.63. The van der Waals surface area contributed by atoms with Gasteiger partial charge in [0.1, 0.15) is 19.0 Å². The van der Waals surface area contributed by atoms with Crippen LogP contribution in [-0.4, -0.2) is 19.2 Å². The number of rotatable bonds is 7. The van der Waals surface area contributed by atoms with E-state index in [4.69, 9.17) is 21.1 Å². The van der Waals surface area contributed by atoms with Crippen molar-refractivity contribution in [2.75, 3.05) is 13.2 Å². The van der Waals surface area contributed by atoms with Gasteiger partial charge in [0.15, 0.2) is 0 Å². The summed E-state index contributed by atoms with van der Waals surface area (Å²) in [5, 5.41) is 0.464. The molecule has 0 aliphatic carbocycles. The van der Waals surface area contributed by atoms with Crippen LogP contribution in [0.15, 0.2) is 43.5 Å². The molecule has 0 fully saturated rings. The Morgan fingerprint density at radius 3 is 2.61 bits per heavy atom. The van der Waals surface area contributed by atoms with Gasteiger partial charge in [0, 0.05) is 0 Å². The van der Waals surface area contributed by atoms with Crippen molar-refractivity contribution < 1.29 is 14.3 Å². The molecule has 0 heterocycles. The molecule has 0 saturated carbocycles. The topological polar surface area (TPSA) is 35.5 Å². The van der Waals surface area contributed by atoms with E-state index in [2.05, 4.69) is 13.2 Å². The highest BCUT2D eigenvalue weighted by molar-refractivity contribution is 6.32. The van der Waals surface area contributed by atoms with Crippen molar-refractivity contribution in [3.8, 4) is 5.75 Å². The SMILES string of the molecule is C=CCOC(=O)Cc1ccc(OCC=C)c(Cl)c1. The molecule has 0 bridgehead atoms. The van der Waals surface area contributed by atoms with Gasteiger partial charge >= 0.3 is 5.97 Å². The van der Waals surface area contributed by atoms with E-state index in [9.17, 15) is 4.79 Å². The Labute approximate surface area is 112 Å². The Hall–Kier alpha value is -1.74. The molecule has 0 radical (unpaired) electrons. The van der Waals surface area contributed by atoms with Gasteiger partial charge in [-0.25, -0.2) is 0 Å². The van der Waals surface area contributed by atoms with Crippen LogP contribution in [0.4, 0.5) is 0 Å². The standard InChI is InChI=1S/C14H15ClO3/c1-3-7-17-13-6-5-11(9-12(13)15)10-14(16)18-8-4-2/h3-6,9H,1-2,7-8,10H2. The largest absolute Gasteiger partial charge is 0.488 e. The predicted octanol–water partition coefficient (Wildman–Crippen LogP) is 3.18. The van der Waals surface area contributed by atoms with Crippen LogP contribution in [0.5, 0.6) is 5.75 Å². The van der Waals surface area contributed by atoms with Crippen molar-refractivity contribution in [2.45, 2.75) is 6.42 Å². The second-order valence-corrected chi connectivity index (χ2v) is 3.92. The van der Waals surface area contributed by atoms with Crippen LogP contribution in [0.25, 0.3) is 0 Å². The molecule has 0 atom stereocenters. The summed E-state index contributed by atoms with van der Waals surface area (Å²) in [6.07, 6.45) is 3.34. The van der Waals surface area contributed by atoms with E-state index >= 15 is 0 Å². The molecular formula is C14H15ClO3. The molecule has 0 unspecified atom stereocenters. The molecule has 0 N–H and O–H groups in total. The lowest BCUT2D eigenvalue weighted by molar-refractivity contribution is -0.141. The molecular weight excluding hydrogens is 252 g/mol. The first-order chi connectivity index (χ1) is 8.67. The van der Waals surface area contributed by atoms with Crippen LogP contribution in [0, 0.1) is 0 Å². The summed E-state index contributed by atoms with van der Waals surface area (Å²) in [6, 6.07) is 5.19. The molecule has 0 spiro atoms. The van der Waals surface area contributed by atoms with Gasteiger partial charge in [0.25, 0.3) is 0 Å². The zero-order valence-electron chi connectivity index (χ0n) is 10.0. The van der Waals surface area contributed by atoms with Crippen LogP contribution >= 0.6 is 11.6 Å². The summed E-state index contributed by atoms with van der Waals surface area (Å²) in [4.78, 5) is 11.4. The van der Waals surface area contributed by atoms with E-state index in [1.54, 1.807) is 24.3 Å². The first-order valence-corrected chi connectivity index (χ1v) is 5.83. The van der Waals surface area contributed by atoms with Crippen LogP contribution in [0.3, 0.4) is 0 Å². The molecule has 0 saturated heterocycles. The lowest BCUT2D eigenvalue weighted by Crippen LogP contribution is -2.07. The molecule has 1 rings (SSSR count). The van der Waals surface area contributed by atoms with Gasteiger partial charge in [-0.05, 0) is 17.7 Å². The minimum absolute atomic E-state index is 0.176. The van der Waals surface area contributed by atoms with E-state index in [-0.39, 0.29) is 19.0 Å². The maximum absolute atomic E-state index is 11.4. The van der Waals surface area contributed by atoms with E-state index < -0.39 is 0 Å². The second kappa shape index (κ2) is 7.56. The molecule has 1 aromatic carbocycles. The van der Waals surface area contributed by atoms with E-state index in [1.807, 2.05) is 0 Å². The quantitative estimate of drug-likeness (QED) is 0.562. The minimum Gasteiger partial charge on any atom is -0.488 e. The van der Waals surface area contributed by atoms with Crippen LogP contribution in [0.2, 0.25) is 5.02 Å². The zero-order valence-corrected chi connectivity index (χ0v) is 10.8. The third-order valence-electron chi connectivity index (χ3n) is 2.06. The normalized spacial score (nSPS) is 9.61. The number of hydrogen-bond donors (Lipinski definition) is 0. The number of ether oxygens (including phenoxy) is 2. The minimum atomic E-state index is -0.314. The van der Waals surface area contributed by atoms with Gasteiger partial charge in [-0.2, -0.15) is 0 Å². The fraction of sp³-hybridized carbons (Fsp3) is 0.214. The van der Waals surface area contributed by atoms with E-state index in [0.717, 1.165) is 5.56 Å². The van der Waals surface area contributed by atoms with Crippen molar-refractivity contribution in [1.29, 1.82) is 0 Å². The smallest absolute Gasteiger partial charge is 0.310 e. The third-order valence-corrected chi connectivity index (χ3v) is 2.36. The average molecular weight is 267 g/mol. The molecule has 96 valence electrons. The summed E-state index contributed by atoms with van der Waals surface area (Å²) in [5.41, 5.74) is 0.778. The Morgan fingerprint density at radius 1 is 1.28 bits per heavy atom. The highest BCUT2D eigenvalue weighted by atomic mass is 35.5. The summed E-state index contributed by atoms with van der Waals surface area (Å²) >= 11 is 6.03. The average Bonchev–Trinajstić information content (AvgIpc) is 2.35. The predicted molar refractivity (Wildman–Crippen MR) is 72.0 cm³/mol. The van der Waals surface area contributed by atoms with Crippen molar-refractivity contribution in [1.82, 2.24) is 0 Å². The maximum Gasteiger partial charge on any atom is 0.310 e. The van der Waals surface area contributed by atoms with E-state index in [0.29, 0.717) is 17.4 Å². The zero-order chi connectivity index (χ0) is 13.4. The summed E-state index contributed by atoms with van der Waals surface area (Å²) in [6.45, 7) is 7.63. The fourth-order valence-corrected chi connectivity index (χ4v) is 1.55. The van der Waals surface area contributed by atoms with Gasteiger partial charge in [-0.1, -0.05) is 43.0 Å². The molecule has 0 aromatic heterocycles. The number of carbonyl (C=O) groups excluding carboxylic acids is 1. The van der Waals surface area contributed by atoms with Gasteiger partial charge in [0.05, 0.1) is 11.4 Å². The Morgan fingerprint density at radius 2 is 2.00 bits per heavy atom. The van der Waals surface area contributed by atoms with Crippen molar-refractivity contribution in [3.63, 3.8) is 0 Å².